The van der Waals surface area contributed by atoms with Crippen molar-refractivity contribution in [3.8, 4) is 0 Å². The van der Waals surface area contributed by atoms with Gasteiger partial charge >= 0.3 is 0 Å². The minimum absolute atomic E-state index is 0.143. The summed E-state index contributed by atoms with van der Waals surface area (Å²) in [6, 6.07) is 13.4. The van der Waals surface area contributed by atoms with Crippen molar-refractivity contribution >= 4 is 17.3 Å². The molecule has 1 heterocycles. The number of benzene rings is 1. The molecular weight excluding hydrogens is 276 g/mol. The lowest BCUT2D eigenvalue weighted by molar-refractivity contribution is 0.0947. The predicted molar refractivity (Wildman–Crippen MR) is 89.5 cm³/mol. The van der Waals surface area contributed by atoms with E-state index in [0.717, 1.165) is 24.3 Å². The molecule has 1 aromatic heterocycles. The third-order valence-corrected chi connectivity index (χ3v) is 3.12. The minimum Gasteiger partial charge on any atom is -0.355 e. The van der Waals surface area contributed by atoms with E-state index >= 15 is 0 Å². The fourth-order valence-corrected chi connectivity index (χ4v) is 2.01. The van der Waals surface area contributed by atoms with Gasteiger partial charge in [-0.3, -0.25) is 9.78 Å². The number of aromatic nitrogens is 1. The highest BCUT2D eigenvalue weighted by atomic mass is 16.1. The van der Waals surface area contributed by atoms with Crippen LogP contribution in [0.4, 0.5) is 11.4 Å². The van der Waals surface area contributed by atoms with E-state index in [1.165, 1.54) is 0 Å². The fraction of sp³-hybridized carbons (Fsp3) is 0.294. The number of para-hydroxylation sites is 1. The first-order chi connectivity index (χ1) is 10.6. The summed E-state index contributed by atoms with van der Waals surface area (Å²) in [4.78, 5) is 18.3. The number of nitrogens with one attached hydrogen (secondary N) is 2. The quantitative estimate of drug-likeness (QED) is 0.771. The Morgan fingerprint density at radius 2 is 1.91 bits per heavy atom. The first-order valence-corrected chi connectivity index (χ1v) is 7.36. The van der Waals surface area contributed by atoms with E-state index in [-0.39, 0.29) is 5.91 Å². The van der Waals surface area contributed by atoms with Crippen LogP contribution in [0.3, 0.4) is 0 Å². The molecule has 5 nitrogen and oxygen atoms in total. The van der Waals surface area contributed by atoms with Crippen LogP contribution in [-0.2, 0) is 0 Å². The van der Waals surface area contributed by atoms with Gasteiger partial charge in [0.05, 0.1) is 0 Å². The van der Waals surface area contributed by atoms with Crippen LogP contribution in [0.2, 0.25) is 0 Å². The molecule has 0 bridgehead atoms. The molecule has 2 aromatic rings. The van der Waals surface area contributed by atoms with Crippen LogP contribution in [0.25, 0.3) is 0 Å². The molecule has 0 atom stereocenters. The topological polar surface area (TPSA) is 57.3 Å². The van der Waals surface area contributed by atoms with Crippen LogP contribution in [0.5, 0.6) is 0 Å². The number of nitrogens with zero attached hydrogens (tertiary/aromatic N) is 2. The largest absolute Gasteiger partial charge is 0.355 e. The summed E-state index contributed by atoms with van der Waals surface area (Å²) in [6.45, 7) is 1.60. The number of carbonyl (C=O) groups excluding carboxylic acids is 1. The summed E-state index contributed by atoms with van der Waals surface area (Å²) < 4.78 is 0. The molecule has 0 radical (unpaired) electrons. The van der Waals surface area contributed by atoms with Crippen molar-refractivity contribution in [2.24, 2.45) is 0 Å². The van der Waals surface area contributed by atoms with Crippen LogP contribution in [0.1, 0.15) is 16.9 Å². The van der Waals surface area contributed by atoms with Crippen molar-refractivity contribution < 1.29 is 4.79 Å². The third-order valence-electron chi connectivity index (χ3n) is 3.12. The predicted octanol–water partition coefficient (Wildman–Crippen LogP) is 2.51. The molecule has 2 N–H and O–H groups in total. The second kappa shape index (κ2) is 8.14. The average Bonchev–Trinajstić information content (AvgIpc) is 2.52. The normalized spacial score (nSPS) is 10.5. The molecule has 22 heavy (non-hydrogen) atoms. The van der Waals surface area contributed by atoms with Crippen LogP contribution >= 0.6 is 0 Å². The van der Waals surface area contributed by atoms with E-state index in [1.807, 2.05) is 50.5 Å². The minimum atomic E-state index is -0.143. The molecule has 116 valence electrons. The maximum absolute atomic E-state index is 12.1. The summed E-state index contributed by atoms with van der Waals surface area (Å²) in [5.74, 6) is -0.143. The number of rotatable bonds is 7. The Balaban J connectivity index is 1.91. The summed E-state index contributed by atoms with van der Waals surface area (Å²) in [7, 11) is 4.03. The maximum Gasteiger partial charge on any atom is 0.269 e. The van der Waals surface area contributed by atoms with Crippen LogP contribution < -0.4 is 10.6 Å². The zero-order valence-corrected chi connectivity index (χ0v) is 13.0. The molecule has 0 aliphatic rings. The van der Waals surface area contributed by atoms with Gasteiger partial charge in [0.15, 0.2) is 0 Å². The summed E-state index contributed by atoms with van der Waals surface area (Å²) in [6.07, 6.45) is 2.56. The van der Waals surface area contributed by atoms with E-state index in [0.29, 0.717) is 12.2 Å². The Labute approximate surface area is 131 Å². The SMILES string of the molecule is CN(C)CCCNC(=O)c1cc(Nc2ccccc2)ccn1. The first-order valence-electron chi connectivity index (χ1n) is 7.36. The average molecular weight is 298 g/mol. The zero-order valence-electron chi connectivity index (χ0n) is 13.0. The molecule has 0 saturated carbocycles. The Morgan fingerprint density at radius 3 is 2.64 bits per heavy atom. The molecule has 0 saturated heterocycles. The van der Waals surface area contributed by atoms with Crippen LogP contribution in [0, 0.1) is 0 Å². The van der Waals surface area contributed by atoms with E-state index in [9.17, 15) is 4.79 Å². The number of amides is 1. The van der Waals surface area contributed by atoms with Gasteiger partial charge in [-0.05, 0) is 51.3 Å². The fourth-order valence-electron chi connectivity index (χ4n) is 2.01. The lowest BCUT2D eigenvalue weighted by Gasteiger charge is -2.10. The highest BCUT2D eigenvalue weighted by Gasteiger charge is 2.07. The van der Waals surface area contributed by atoms with Crippen molar-refractivity contribution in [3.05, 3.63) is 54.4 Å². The van der Waals surface area contributed by atoms with Crippen LogP contribution in [-0.4, -0.2) is 43.0 Å². The van der Waals surface area contributed by atoms with Gasteiger partial charge in [-0.1, -0.05) is 18.2 Å². The standard InChI is InChI=1S/C17H22N4O/c1-21(2)12-6-10-19-17(22)16-13-15(9-11-18-16)20-14-7-4-3-5-8-14/h3-5,7-9,11,13H,6,10,12H2,1-2H3,(H,18,20)(H,19,22). The number of hydrogen-bond acceptors (Lipinski definition) is 4. The van der Waals surface area contributed by atoms with Gasteiger partial charge in [-0.25, -0.2) is 0 Å². The van der Waals surface area contributed by atoms with Gasteiger partial charge in [-0.2, -0.15) is 0 Å². The van der Waals surface area contributed by atoms with E-state index < -0.39 is 0 Å². The van der Waals surface area contributed by atoms with E-state index in [2.05, 4.69) is 20.5 Å². The van der Waals surface area contributed by atoms with Gasteiger partial charge in [0.2, 0.25) is 0 Å². The maximum atomic E-state index is 12.1. The lowest BCUT2D eigenvalue weighted by atomic mass is 10.2. The smallest absolute Gasteiger partial charge is 0.269 e. The molecule has 0 aliphatic heterocycles. The Morgan fingerprint density at radius 1 is 1.14 bits per heavy atom. The highest BCUT2D eigenvalue weighted by Crippen LogP contribution is 2.15. The summed E-state index contributed by atoms with van der Waals surface area (Å²) in [5, 5.41) is 6.14. The molecule has 2 rings (SSSR count). The first kappa shape index (κ1) is 16.0. The molecule has 1 amide bonds. The Hall–Kier alpha value is -2.40. The van der Waals surface area contributed by atoms with E-state index in [4.69, 9.17) is 0 Å². The number of hydrogen-bond donors (Lipinski definition) is 2. The van der Waals surface area contributed by atoms with Gasteiger partial charge in [-0.15, -0.1) is 0 Å². The molecule has 0 aliphatic carbocycles. The molecule has 0 unspecified atom stereocenters. The molecule has 0 fully saturated rings. The van der Waals surface area contributed by atoms with Crippen molar-refractivity contribution in [1.29, 1.82) is 0 Å². The second-order valence-electron chi connectivity index (χ2n) is 5.33. The van der Waals surface area contributed by atoms with Crippen molar-refractivity contribution in [1.82, 2.24) is 15.2 Å². The van der Waals surface area contributed by atoms with Crippen LogP contribution in [0.15, 0.2) is 48.7 Å². The number of anilines is 2. The van der Waals surface area contributed by atoms with E-state index in [1.54, 1.807) is 12.3 Å². The summed E-state index contributed by atoms with van der Waals surface area (Å²) in [5.41, 5.74) is 2.25. The molecule has 1 aromatic carbocycles. The monoisotopic (exact) mass is 298 g/mol. The van der Waals surface area contributed by atoms with Gasteiger partial charge in [0.1, 0.15) is 5.69 Å². The number of pyridine rings is 1. The van der Waals surface area contributed by atoms with Crippen molar-refractivity contribution in [2.45, 2.75) is 6.42 Å². The van der Waals surface area contributed by atoms with Gasteiger partial charge in [0.25, 0.3) is 5.91 Å². The lowest BCUT2D eigenvalue weighted by Crippen LogP contribution is -2.27. The van der Waals surface area contributed by atoms with Crippen molar-refractivity contribution in [3.63, 3.8) is 0 Å². The highest BCUT2D eigenvalue weighted by molar-refractivity contribution is 5.93. The Kier molecular flexibility index (Phi) is 5.91. The van der Waals surface area contributed by atoms with Gasteiger partial charge < -0.3 is 15.5 Å². The second-order valence-corrected chi connectivity index (χ2v) is 5.33. The zero-order chi connectivity index (χ0) is 15.8. The molecular formula is C17H22N4O. The van der Waals surface area contributed by atoms with Gasteiger partial charge in [0, 0.05) is 24.1 Å². The number of carbonyl (C=O) groups is 1. The molecule has 5 heteroatoms. The molecule has 0 spiro atoms. The van der Waals surface area contributed by atoms with Crippen molar-refractivity contribution in [2.75, 3.05) is 32.5 Å². The summed E-state index contributed by atoms with van der Waals surface area (Å²) >= 11 is 0. The Bertz CT molecular complexity index is 599. The third kappa shape index (κ3) is 5.18.